The molecule has 2 aromatic rings. The van der Waals surface area contributed by atoms with Crippen LogP contribution in [0.5, 0.6) is 0 Å². The summed E-state index contributed by atoms with van der Waals surface area (Å²) in [5, 5.41) is 3.96. The standard InChI is InChI=1S/C16H23N7O/c1-12-14(13(2)24-21-12)4-7-18-15(17)22-8-10-23(11-9-22)16-19-5-3-6-20-16/h3,5-6H,4,7-11H2,1-2H3,(H2,17,18). The van der Waals surface area contributed by atoms with Gasteiger partial charge in [0.25, 0.3) is 0 Å². The van der Waals surface area contributed by atoms with Gasteiger partial charge in [0.15, 0.2) is 5.96 Å². The molecule has 0 bridgehead atoms. The smallest absolute Gasteiger partial charge is 0.225 e. The van der Waals surface area contributed by atoms with Crippen LogP contribution in [0, 0.1) is 13.8 Å². The van der Waals surface area contributed by atoms with Gasteiger partial charge in [0.1, 0.15) is 5.76 Å². The summed E-state index contributed by atoms with van der Waals surface area (Å²) >= 11 is 0. The molecule has 1 aliphatic rings. The Hall–Kier alpha value is -2.64. The van der Waals surface area contributed by atoms with Gasteiger partial charge < -0.3 is 20.1 Å². The molecule has 2 aromatic heterocycles. The number of hydrogen-bond acceptors (Lipinski definition) is 6. The average molecular weight is 329 g/mol. The van der Waals surface area contributed by atoms with Crippen LogP contribution in [0.15, 0.2) is 28.0 Å². The van der Waals surface area contributed by atoms with Gasteiger partial charge in [-0.05, 0) is 26.3 Å². The minimum atomic E-state index is 0.593. The third kappa shape index (κ3) is 3.64. The molecular formula is C16H23N7O. The number of aliphatic imine (C=N–C) groups is 1. The quantitative estimate of drug-likeness (QED) is 0.653. The maximum absolute atomic E-state index is 6.14. The normalized spacial score (nSPS) is 15.8. The lowest BCUT2D eigenvalue weighted by atomic mass is 10.1. The van der Waals surface area contributed by atoms with Gasteiger partial charge in [-0.15, -0.1) is 0 Å². The highest BCUT2D eigenvalue weighted by molar-refractivity contribution is 5.78. The van der Waals surface area contributed by atoms with Gasteiger partial charge in [-0.3, -0.25) is 4.99 Å². The molecule has 0 radical (unpaired) electrons. The molecule has 3 heterocycles. The SMILES string of the molecule is Cc1noc(C)c1CCN=C(N)N1CCN(c2ncccn2)CC1. The van der Waals surface area contributed by atoms with Gasteiger partial charge in [-0.2, -0.15) is 0 Å². The minimum Gasteiger partial charge on any atom is -0.370 e. The number of rotatable bonds is 4. The monoisotopic (exact) mass is 329 g/mol. The van der Waals surface area contributed by atoms with Gasteiger partial charge in [0, 0.05) is 50.7 Å². The van der Waals surface area contributed by atoms with Crippen LogP contribution in [-0.4, -0.2) is 58.7 Å². The maximum atomic E-state index is 6.14. The summed E-state index contributed by atoms with van der Waals surface area (Å²) in [7, 11) is 0. The molecule has 8 nitrogen and oxygen atoms in total. The van der Waals surface area contributed by atoms with Crippen LogP contribution in [0.1, 0.15) is 17.0 Å². The molecular weight excluding hydrogens is 306 g/mol. The van der Waals surface area contributed by atoms with Crippen molar-refractivity contribution in [1.29, 1.82) is 0 Å². The Morgan fingerprint density at radius 3 is 2.54 bits per heavy atom. The highest BCUT2D eigenvalue weighted by Crippen LogP contribution is 2.13. The van der Waals surface area contributed by atoms with Crippen molar-refractivity contribution < 1.29 is 4.52 Å². The molecule has 8 heteroatoms. The molecule has 3 rings (SSSR count). The summed E-state index contributed by atoms with van der Waals surface area (Å²) in [6, 6.07) is 1.82. The minimum absolute atomic E-state index is 0.593. The van der Waals surface area contributed by atoms with Crippen molar-refractivity contribution in [1.82, 2.24) is 20.0 Å². The molecule has 128 valence electrons. The Kier molecular flexibility index (Phi) is 4.93. The Morgan fingerprint density at radius 2 is 1.92 bits per heavy atom. The fourth-order valence-corrected chi connectivity index (χ4v) is 2.83. The van der Waals surface area contributed by atoms with Crippen molar-refractivity contribution in [3.05, 3.63) is 35.5 Å². The van der Waals surface area contributed by atoms with Crippen LogP contribution in [0.4, 0.5) is 5.95 Å². The summed E-state index contributed by atoms with van der Waals surface area (Å²) in [6.07, 6.45) is 4.32. The first-order valence-electron chi connectivity index (χ1n) is 8.13. The number of aromatic nitrogens is 3. The van der Waals surface area contributed by atoms with Crippen molar-refractivity contribution in [2.75, 3.05) is 37.6 Å². The van der Waals surface area contributed by atoms with Crippen molar-refractivity contribution in [2.45, 2.75) is 20.3 Å². The van der Waals surface area contributed by atoms with Gasteiger partial charge in [-0.1, -0.05) is 5.16 Å². The third-order valence-corrected chi connectivity index (χ3v) is 4.26. The largest absolute Gasteiger partial charge is 0.370 e. The molecule has 0 saturated carbocycles. The number of piperazine rings is 1. The topological polar surface area (TPSA) is 96.7 Å². The van der Waals surface area contributed by atoms with E-state index in [9.17, 15) is 0 Å². The third-order valence-electron chi connectivity index (χ3n) is 4.26. The zero-order valence-corrected chi connectivity index (χ0v) is 14.1. The van der Waals surface area contributed by atoms with E-state index in [0.717, 1.165) is 55.6 Å². The van der Waals surface area contributed by atoms with Gasteiger partial charge in [0.05, 0.1) is 5.69 Å². The zero-order chi connectivity index (χ0) is 16.9. The van der Waals surface area contributed by atoms with E-state index in [1.54, 1.807) is 12.4 Å². The lowest BCUT2D eigenvalue weighted by Crippen LogP contribution is -2.51. The predicted molar refractivity (Wildman–Crippen MR) is 92.0 cm³/mol. The van der Waals surface area contributed by atoms with Crippen LogP contribution in [0.3, 0.4) is 0 Å². The molecule has 0 amide bonds. The average Bonchev–Trinajstić information content (AvgIpc) is 2.94. The summed E-state index contributed by atoms with van der Waals surface area (Å²) < 4.78 is 5.17. The highest BCUT2D eigenvalue weighted by Gasteiger charge is 2.19. The first kappa shape index (κ1) is 16.2. The van der Waals surface area contributed by atoms with Crippen LogP contribution in [0.2, 0.25) is 0 Å². The summed E-state index contributed by atoms with van der Waals surface area (Å²) in [6.45, 7) is 7.82. The molecule has 24 heavy (non-hydrogen) atoms. The van der Waals surface area contributed by atoms with E-state index in [4.69, 9.17) is 10.3 Å². The Balaban J connectivity index is 1.50. The molecule has 1 fully saturated rings. The van der Waals surface area contributed by atoms with E-state index < -0.39 is 0 Å². The molecule has 0 atom stereocenters. The first-order valence-corrected chi connectivity index (χ1v) is 8.13. The van der Waals surface area contributed by atoms with Gasteiger partial charge >= 0.3 is 0 Å². The first-order chi connectivity index (χ1) is 11.6. The van der Waals surface area contributed by atoms with Crippen LogP contribution < -0.4 is 10.6 Å². The van der Waals surface area contributed by atoms with Crippen molar-refractivity contribution in [3.63, 3.8) is 0 Å². The Morgan fingerprint density at radius 1 is 1.21 bits per heavy atom. The predicted octanol–water partition coefficient (Wildman–Crippen LogP) is 0.761. The molecule has 0 aromatic carbocycles. The highest BCUT2D eigenvalue weighted by atomic mass is 16.5. The van der Waals surface area contributed by atoms with Crippen LogP contribution in [-0.2, 0) is 6.42 Å². The molecule has 0 spiro atoms. The zero-order valence-electron chi connectivity index (χ0n) is 14.1. The number of anilines is 1. The number of nitrogens with two attached hydrogens (primary N) is 1. The number of aryl methyl sites for hydroxylation is 2. The van der Waals surface area contributed by atoms with E-state index in [-0.39, 0.29) is 0 Å². The van der Waals surface area contributed by atoms with Gasteiger partial charge in [0.2, 0.25) is 5.95 Å². The fraction of sp³-hybridized carbons (Fsp3) is 0.500. The van der Waals surface area contributed by atoms with Gasteiger partial charge in [-0.25, -0.2) is 9.97 Å². The number of nitrogens with zero attached hydrogens (tertiary/aromatic N) is 6. The second-order valence-corrected chi connectivity index (χ2v) is 5.82. The van der Waals surface area contributed by atoms with Crippen molar-refractivity contribution >= 4 is 11.9 Å². The van der Waals surface area contributed by atoms with E-state index in [0.29, 0.717) is 12.5 Å². The summed E-state index contributed by atoms with van der Waals surface area (Å²) in [5.74, 6) is 2.22. The summed E-state index contributed by atoms with van der Waals surface area (Å²) in [4.78, 5) is 17.3. The lowest BCUT2D eigenvalue weighted by Gasteiger charge is -2.35. The number of hydrogen-bond donors (Lipinski definition) is 1. The maximum Gasteiger partial charge on any atom is 0.225 e. The van der Waals surface area contributed by atoms with E-state index in [1.165, 1.54) is 0 Å². The molecule has 0 aliphatic carbocycles. The Bertz CT molecular complexity index is 670. The molecule has 2 N–H and O–H groups in total. The van der Waals surface area contributed by atoms with E-state index in [2.05, 4.69) is 29.9 Å². The van der Waals surface area contributed by atoms with Crippen LogP contribution in [0.25, 0.3) is 0 Å². The van der Waals surface area contributed by atoms with E-state index >= 15 is 0 Å². The Labute approximate surface area is 141 Å². The fourth-order valence-electron chi connectivity index (χ4n) is 2.83. The number of guanidine groups is 1. The molecule has 1 aliphatic heterocycles. The summed E-state index contributed by atoms with van der Waals surface area (Å²) in [5.41, 5.74) is 8.19. The van der Waals surface area contributed by atoms with Crippen molar-refractivity contribution in [3.8, 4) is 0 Å². The van der Waals surface area contributed by atoms with Crippen LogP contribution >= 0.6 is 0 Å². The second-order valence-electron chi connectivity index (χ2n) is 5.82. The van der Waals surface area contributed by atoms with Crippen molar-refractivity contribution in [2.24, 2.45) is 10.7 Å². The lowest BCUT2D eigenvalue weighted by molar-refractivity contribution is 0.378. The molecule has 0 unspecified atom stereocenters. The second kappa shape index (κ2) is 7.29. The van der Waals surface area contributed by atoms with E-state index in [1.807, 2.05) is 19.9 Å². The molecule has 1 saturated heterocycles.